The minimum Gasteiger partial charge on any atom is -0.496 e. The lowest BCUT2D eigenvalue weighted by atomic mass is 10.1. The summed E-state index contributed by atoms with van der Waals surface area (Å²) >= 11 is 0. The van der Waals surface area contributed by atoms with Gasteiger partial charge in [0.25, 0.3) is 0 Å². The van der Waals surface area contributed by atoms with Crippen LogP contribution in [0.25, 0.3) is 6.08 Å². The molecule has 0 fully saturated rings. The van der Waals surface area contributed by atoms with Crippen LogP contribution in [0.2, 0.25) is 0 Å². The molecule has 0 saturated heterocycles. The number of hydrogen-bond acceptors (Lipinski definition) is 5. The van der Waals surface area contributed by atoms with Crippen LogP contribution >= 0.6 is 0 Å². The van der Waals surface area contributed by atoms with Crippen molar-refractivity contribution in [3.63, 3.8) is 0 Å². The van der Waals surface area contributed by atoms with Crippen molar-refractivity contribution >= 4 is 11.9 Å². The first-order valence-electron chi connectivity index (χ1n) is 7.18. The Kier molecular flexibility index (Phi) is 3.01. The number of carbonyl (C=O) groups excluding carboxylic acids is 1. The van der Waals surface area contributed by atoms with Gasteiger partial charge in [-0.15, -0.1) is 0 Å². The molecule has 0 atom stereocenters. The number of hydrogen-bond donors (Lipinski definition) is 0. The molecule has 0 saturated carbocycles. The topological polar surface area (TPSA) is 54.0 Å². The van der Waals surface area contributed by atoms with Gasteiger partial charge in [0.1, 0.15) is 11.5 Å². The highest BCUT2D eigenvalue weighted by Gasteiger charge is 2.28. The van der Waals surface area contributed by atoms with E-state index in [1.54, 1.807) is 25.3 Å². The van der Waals surface area contributed by atoms with Gasteiger partial charge >= 0.3 is 0 Å². The second-order valence-electron chi connectivity index (χ2n) is 5.37. The fourth-order valence-electron chi connectivity index (χ4n) is 2.70. The molecule has 2 aromatic carbocycles. The summed E-state index contributed by atoms with van der Waals surface area (Å²) in [6.45, 7) is 2.11. The zero-order valence-electron chi connectivity index (χ0n) is 12.7. The molecule has 5 nitrogen and oxygen atoms in total. The number of ketones is 1. The standard InChI is InChI=1S/C18H14O5/c1-10-5-12-15(8-14(10)20-2)23-17(18(12)19)7-11-3-4-13-16(6-11)22-9-21-13/h3-8H,9H2,1-2H3/b17-7-. The zero-order valence-corrected chi connectivity index (χ0v) is 12.7. The first-order valence-corrected chi connectivity index (χ1v) is 7.18. The maximum absolute atomic E-state index is 12.5. The van der Waals surface area contributed by atoms with Crippen LogP contribution in [0, 0.1) is 6.92 Å². The van der Waals surface area contributed by atoms with Gasteiger partial charge in [-0.2, -0.15) is 0 Å². The van der Waals surface area contributed by atoms with Crippen LogP contribution in [0.1, 0.15) is 21.5 Å². The number of carbonyl (C=O) groups is 1. The van der Waals surface area contributed by atoms with Crippen molar-refractivity contribution in [1.29, 1.82) is 0 Å². The fraction of sp³-hybridized carbons (Fsp3) is 0.167. The summed E-state index contributed by atoms with van der Waals surface area (Å²) in [5.74, 6) is 2.73. The summed E-state index contributed by atoms with van der Waals surface area (Å²) in [7, 11) is 1.59. The highest BCUT2D eigenvalue weighted by atomic mass is 16.7. The third kappa shape index (κ3) is 2.21. The number of ether oxygens (including phenoxy) is 4. The Morgan fingerprint density at radius 3 is 2.74 bits per heavy atom. The van der Waals surface area contributed by atoms with Gasteiger partial charge in [-0.25, -0.2) is 0 Å². The number of fused-ring (bicyclic) bond motifs is 2. The smallest absolute Gasteiger partial charge is 0.231 e. The van der Waals surface area contributed by atoms with Crippen LogP contribution in [0.5, 0.6) is 23.0 Å². The second kappa shape index (κ2) is 5.05. The van der Waals surface area contributed by atoms with E-state index in [-0.39, 0.29) is 18.3 Å². The number of aryl methyl sites for hydroxylation is 1. The van der Waals surface area contributed by atoms with Gasteiger partial charge in [0.2, 0.25) is 12.6 Å². The molecule has 0 unspecified atom stereocenters. The highest BCUT2D eigenvalue weighted by molar-refractivity contribution is 6.14. The first-order chi connectivity index (χ1) is 11.2. The molecule has 0 radical (unpaired) electrons. The summed E-state index contributed by atoms with van der Waals surface area (Å²) in [5.41, 5.74) is 2.26. The number of Topliss-reactive ketones (excluding diaryl/α,β-unsaturated/α-hetero) is 1. The van der Waals surface area contributed by atoms with Gasteiger partial charge in [-0.3, -0.25) is 4.79 Å². The van der Waals surface area contributed by atoms with Crippen LogP contribution in [-0.2, 0) is 0 Å². The number of rotatable bonds is 2. The molecular weight excluding hydrogens is 296 g/mol. The van der Waals surface area contributed by atoms with Gasteiger partial charge in [-0.05, 0) is 42.3 Å². The van der Waals surface area contributed by atoms with Crippen molar-refractivity contribution in [2.24, 2.45) is 0 Å². The Morgan fingerprint density at radius 1 is 1.09 bits per heavy atom. The SMILES string of the molecule is COc1cc2c(cc1C)C(=O)/C(=C/c1ccc3c(c1)OCO3)O2. The average Bonchev–Trinajstić information content (AvgIpc) is 3.12. The van der Waals surface area contributed by atoms with E-state index in [2.05, 4.69) is 0 Å². The monoisotopic (exact) mass is 310 g/mol. The van der Waals surface area contributed by atoms with Crippen molar-refractivity contribution in [3.05, 3.63) is 52.8 Å². The molecular formula is C18H14O5. The molecule has 2 aromatic rings. The fourth-order valence-corrected chi connectivity index (χ4v) is 2.70. The van der Waals surface area contributed by atoms with Crippen LogP contribution in [0.3, 0.4) is 0 Å². The Hall–Kier alpha value is -2.95. The van der Waals surface area contributed by atoms with Crippen LogP contribution < -0.4 is 18.9 Å². The molecule has 116 valence electrons. The van der Waals surface area contributed by atoms with Gasteiger partial charge in [-0.1, -0.05) is 6.07 Å². The second-order valence-corrected chi connectivity index (χ2v) is 5.37. The van der Waals surface area contributed by atoms with Crippen molar-refractivity contribution in [3.8, 4) is 23.0 Å². The van der Waals surface area contributed by atoms with Gasteiger partial charge < -0.3 is 18.9 Å². The van der Waals surface area contributed by atoms with Crippen LogP contribution in [0.4, 0.5) is 0 Å². The van der Waals surface area contributed by atoms with E-state index in [4.69, 9.17) is 18.9 Å². The lowest BCUT2D eigenvalue weighted by Gasteiger charge is -2.05. The quantitative estimate of drug-likeness (QED) is 0.796. The molecule has 0 aromatic heterocycles. The lowest BCUT2D eigenvalue weighted by molar-refractivity contribution is 0.101. The minimum absolute atomic E-state index is 0.136. The van der Waals surface area contributed by atoms with E-state index in [1.807, 2.05) is 25.1 Å². The third-order valence-corrected chi connectivity index (χ3v) is 3.88. The zero-order chi connectivity index (χ0) is 16.0. The number of methoxy groups -OCH3 is 1. The van der Waals surface area contributed by atoms with E-state index in [0.717, 1.165) is 11.1 Å². The molecule has 0 amide bonds. The maximum Gasteiger partial charge on any atom is 0.231 e. The predicted molar refractivity (Wildman–Crippen MR) is 83.2 cm³/mol. The Labute approximate surface area is 133 Å². The van der Waals surface area contributed by atoms with Gasteiger partial charge in [0.15, 0.2) is 17.3 Å². The first kappa shape index (κ1) is 13.7. The Morgan fingerprint density at radius 2 is 1.91 bits per heavy atom. The van der Waals surface area contributed by atoms with Crippen molar-refractivity contribution in [1.82, 2.24) is 0 Å². The average molecular weight is 310 g/mol. The van der Waals surface area contributed by atoms with Crippen molar-refractivity contribution < 1.29 is 23.7 Å². The van der Waals surface area contributed by atoms with Crippen molar-refractivity contribution in [2.75, 3.05) is 13.9 Å². The van der Waals surface area contributed by atoms with Gasteiger partial charge in [0, 0.05) is 6.07 Å². The Balaban J connectivity index is 1.70. The van der Waals surface area contributed by atoms with Gasteiger partial charge in [0.05, 0.1) is 12.7 Å². The van der Waals surface area contributed by atoms with Crippen LogP contribution in [-0.4, -0.2) is 19.7 Å². The molecule has 0 aliphatic carbocycles. The van der Waals surface area contributed by atoms with E-state index < -0.39 is 0 Å². The summed E-state index contributed by atoms with van der Waals surface area (Å²) in [6, 6.07) is 9.02. The predicted octanol–water partition coefficient (Wildman–Crippen LogP) is 3.35. The normalized spacial score (nSPS) is 16.4. The molecule has 0 N–H and O–H groups in total. The summed E-state index contributed by atoms with van der Waals surface area (Å²) in [5, 5.41) is 0. The maximum atomic E-state index is 12.5. The Bertz CT molecular complexity index is 851. The third-order valence-electron chi connectivity index (χ3n) is 3.88. The highest BCUT2D eigenvalue weighted by Crippen LogP contribution is 2.38. The molecule has 0 spiro atoms. The molecule has 23 heavy (non-hydrogen) atoms. The molecule has 2 heterocycles. The van der Waals surface area contributed by atoms with E-state index in [0.29, 0.717) is 28.6 Å². The molecule has 2 aliphatic heterocycles. The largest absolute Gasteiger partial charge is 0.496 e. The van der Waals surface area contributed by atoms with Crippen molar-refractivity contribution in [2.45, 2.75) is 6.92 Å². The minimum atomic E-state index is -0.136. The molecule has 0 bridgehead atoms. The summed E-state index contributed by atoms with van der Waals surface area (Å²) in [6.07, 6.45) is 1.70. The van der Waals surface area contributed by atoms with E-state index in [9.17, 15) is 4.79 Å². The lowest BCUT2D eigenvalue weighted by Crippen LogP contribution is -1.98. The van der Waals surface area contributed by atoms with E-state index in [1.165, 1.54) is 0 Å². The summed E-state index contributed by atoms with van der Waals surface area (Å²) in [4.78, 5) is 12.5. The van der Waals surface area contributed by atoms with E-state index >= 15 is 0 Å². The molecule has 5 heteroatoms. The summed E-state index contributed by atoms with van der Waals surface area (Å²) < 4.78 is 21.6. The molecule has 2 aliphatic rings. The molecule has 4 rings (SSSR count). The number of benzene rings is 2. The van der Waals surface area contributed by atoms with Crippen LogP contribution in [0.15, 0.2) is 36.1 Å². The number of allylic oxidation sites excluding steroid dienone is 1.